The maximum Gasteiger partial charge on any atom is 0.203 e. The van der Waals surface area contributed by atoms with Crippen LogP contribution in [0.1, 0.15) is 5.56 Å². The van der Waals surface area contributed by atoms with Crippen LogP contribution < -0.4 is 5.49 Å². The molecule has 0 saturated heterocycles. The van der Waals surface area contributed by atoms with Crippen molar-refractivity contribution < 1.29 is 5.11 Å². The normalized spacial score (nSPS) is 17.9. The third kappa shape index (κ3) is 5.05. The molecule has 8 heteroatoms. The van der Waals surface area contributed by atoms with Gasteiger partial charge in [0.05, 0.1) is 6.61 Å². The van der Waals surface area contributed by atoms with E-state index in [9.17, 15) is 5.11 Å². The third-order valence-electron chi connectivity index (χ3n) is 3.85. The van der Waals surface area contributed by atoms with Gasteiger partial charge >= 0.3 is 0 Å². The van der Waals surface area contributed by atoms with E-state index < -0.39 is 0 Å². The van der Waals surface area contributed by atoms with E-state index in [2.05, 4.69) is 25.4 Å². The van der Waals surface area contributed by atoms with Gasteiger partial charge in [-0.2, -0.15) is 5.11 Å². The minimum absolute atomic E-state index is 0.0370. The van der Waals surface area contributed by atoms with Crippen molar-refractivity contribution in [2.45, 2.75) is 6.17 Å². The number of aliphatic hydroxyl groups excluding tert-OH is 1. The first-order valence-corrected chi connectivity index (χ1v) is 8.54. The number of allylic oxidation sites excluding steroid dienone is 2. The third-order valence-corrected chi connectivity index (χ3v) is 3.85. The summed E-state index contributed by atoms with van der Waals surface area (Å²) in [5, 5.41) is 26.5. The van der Waals surface area contributed by atoms with Crippen LogP contribution in [0.15, 0.2) is 93.8 Å². The number of hydrogen-bond donors (Lipinski definition) is 1. The molecule has 0 radical (unpaired) electrons. The van der Waals surface area contributed by atoms with E-state index in [-0.39, 0.29) is 12.8 Å². The van der Waals surface area contributed by atoms with E-state index in [4.69, 9.17) is 0 Å². The molecular weight excluding hydrogens is 342 g/mol. The van der Waals surface area contributed by atoms with Gasteiger partial charge in [-0.1, -0.05) is 12.1 Å². The molecule has 0 aromatic carbocycles. The smallest absolute Gasteiger partial charge is 0.203 e. The highest BCUT2D eigenvalue weighted by Crippen LogP contribution is 2.11. The Bertz CT molecular complexity index is 928. The van der Waals surface area contributed by atoms with Crippen LogP contribution in [0.3, 0.4) is 0 Å². The van der Waals surface area contributed by atoms with Gasteiger partial charge in [0.2, 0.25) is 5.84 Å². The monoisotopic (exact) mass is 363 g/mol. The van der Waals surface area contributed by atoms with Crippen LogP contribution >= 0.6 is 0 Å². The molecule has 0 spiro atoms. The van der Waals surface area contributed by atoms with Crippen LogP contribution in [0.2, 0.25) is 0 Å². The number of pyridine rings is 2. The van der Waals surface area contributed by atoms with E-state index in [1.54, 1.807) is 24.5 Å². The summed E-state index contributed by atoms with van der Waals surface area (Å²) in [6, 6.07) is 9.29. The number of hydrogen-bond acceptors (Lipinski definition) is 6. The zero-order valence-electron chi connectivity index (χ0n) is 15.0. The number of azo groups is 1. The van der Waals surface area contributed by atoms with Crippen molar-refractivity contribution in [2.24, 2.45) is 27.5 Å². The van der Waals surface area contributed by atoms with Crippen molar-refractivity contribution in [3.05, 3.63) is 84.4 Å². The van der Waals surface area contributed by atoms with E-state index in [1.165, 1.54) is 0 Å². The Balaban J connectivity index is 1.93. The van der Waals surface area contributed by atoms with Gasteiger partial charge in [-0.15, -0.1) is 15.3 Å². The number of amidine groups is 1. The summed E-state index contributed by atoms with van der Waals surface area (Å²) in [4.78, 5) is 5.92. The molecule has 1 atom stereocenters. The zero-order valence-corrected chi connectivity index (χ0v) is 15.0. The Hall–Kier alpha value is -3.39. The first kappa shape index (κ1) is 18.4. The van der Waals surface area contributed by atoms with Crippen molar-refractivity contribution in [1.29, 1.82) is 0 Å². The quantitative estimate of drug-likeness (QED) is 0.380. The molecule has 3 rings (SSSR count). The summed E-state index contributed by atoms with van der Waals surface area (Å²) in [7, 11) is 1.90. The molecule has 1 unspecified atom stereocenters. The van der Waals surface area contributed by atoms with Crippen molar-refractivity contribution >= 4 is 5.84 Å². The number of aromatic nitrogens is 2. The van der Waals surface area contributed by atoms with Gasteiger partial charge in [0.1, 0.15) is 0 Å². The fraction of sp³-hybridized carbons (Fsp3) is 0.211. The maximum absolute atomic E-state index is 9.21. The summed E-state index contributed by atoms with van der Waals surface area (Å²) in [5.74, 6) is 0.383. The van der Waals surface area contributed by atoms with E-state index in [1.807, 2.05) is 65.3 Å². The number of aliphatic hydroxyl groups is 1. The molecule has 3 heterocycles. The molecule has 0 aliphatic carbocycles. The van der Waals surface area contributed by atoms with Crippen molar-refractivity contribution in [3.8, 4) is 0 Å². The Morgan fingerprint density at radius 2 is 2.04 bits per heavy atom. The average molecular weight is 363 g/mol. The van der Waals surface area contributed by atoms with E-state index >= 15 is 0 Å². The Morgan fingerprint density at radius 3 is 2.81 bits per heavy atom. The summed E-state index contributed by atoms with van der Waals surface area (Å²) >= 11 is 0. The highest BCUT2D eigenvalue weighted by atomic mass is 16.3. The first-order valence-electron chi connectivity index (χ1n) is 8.54. The van der Waals surface area contributed by atoms with Crippen molar-refractivity contribution in [3.63, 3.8) is 0 Å². The molecule has 2 aromatic heterocycles. The molecule has 1 N–H and O–H groups in total. The topological polar surface area (TPSA) is 90.7 Å². The SMILES string of the molecule is Cn1cccc/c1=N\N=C(\N=NC1C=CC=CN1CCO)c1ccncc1. The lowest BCUT2D eigenvalue weighted by atomic mass is 10.2. The summed E-state index contributed by atoms with van der Waals surface area (Å²) < 4.78 is 1.86. The fourth-order valence-electron chi connectivity index (χ4n) is 2.42. The van der Waals surface area contributed by atoms with Crippen LogP contribution in [0, 0.1) is 0 Å². The molecular formula is C19H21N7O. The van der Waals surface area contributed by atoms with Crippen LogP contribution in [0.25, 0.3) is 0 Å². The molecule has 2 aromatic rings. The molecule has 0 fully saturated rings. The largest absolute Gasteiger partial charge is 0.395 e. The minimum Gasteiger partial charge on any atom is -0.395 e. The second-order valence-electron chi connectivity index (χ2n) is 5.75. The molecule has 0 saturated carbocycles. The second-order valence-corrected chi connectivity index (χ2v) is 5.75. The van der Waals surface area contributed by atoms with Gasteiger partial charge < -0.3 is 14.6 Å². The predicted octanol–water partition coefficient (Wildman–Crippen LogP) is 1.84. The van der Waals surface area contributed by atoms with Gasteiger partial charge in [-0.05, 0) is 36.4 Å². The fourth-order valence-corrected chi connectivity index (χ4v) is 2.42. The van der Waals surface area contributed by atoms with Gasteiger partial charge in [0, 0.05) is 43.9 Å². The number of aryl methyl sites for hydroxylation is 1. The van der Waals surface area contributed by atoms with Crippen LogP contribution in [0.5, 0.6) is 0 Å². The van der Waals surface area contributed by atoms with Gasteiger partial charge in [0.25, 0.3) is 0 Å². The molecule has 1 aliphatic rings. The number of rotatable bonds is 5. The molecule has 1 aliphatic heterocycles. The highest BCUT2D eigenvalue weighted by Gasteiger charge is 2.13. The first-order chi connectivity index (χ1) is 13.3. The Morgan fingerprint density at radius 1 is 1.19 bits per heavy atom. The summed E-state index contributed by atoms with van der Waals surface area (Å²) in [6.07, 6.45) is 12.5. The molecule has 0 amide bonds. The van der Waals surface area contributed by atoms with Crippen LogP contribution in [-0.4, -0.2) is 44.7 Å². The lowest BCUT2D eigenvalue weighted by Crippen LogP contribution is -2.31. The van der Waals surface area contributed by atoms with Gasteiger partial charge in [-0.3, -0.25) is 4.98 Å². The zero-order chi connectivity index (χ0) is 18.9. The van der Waals surface area contributed by atoms with Gasteiger partial charge in [0.15, 0.2) is 11.7 Å². The molecule has 8 nitrogen and oxygen atoms in total. The maximum atomic E-state index is 9.21. The Labute approximate surface area is 157 Å². The average Bonchev–Trinajstić information content (AvgIpc) is 2.71. The molecule has 138 valence electrons. The van der Waals surface area contributed by atoms with E-state index in [0.717, 1.165) is 5.56 Å². The summed E-state index contributed by atoms with van der Waals surface area (Å²) in [6.45, 7) is 0.506. The lowest BCUT2D eigenvalue weighted by Gasteiger charge is -2.25. The van der Waals surface area contributed by atoms with Crippen molar-refractivity contribution in [1.82, 2.24) is 14.5 Å². The standard InChI is InChI=1S/C19H21N7O/c1-25-12-4-2-6-17(25)21-23-19(16-8-10-20-11-9-16)24-22-18-7-3-5-13-26(18)14-15-27/h2-13,18,27H,14-15H2,1H3/b21-17+,23-19+,24-22?. The Kier molecular flexibility index (Phi) is 6.37. The number of nitrogens with zero attached hydrogens (tertiary/aromatic N) is 7. The summed E-state index contributed by atoms with van der Waals surface area (Å²) in [5.41, 5.74) is 1.46. The second kappa shape index (κ2) is 9.35. The lowest BCUT2D eigenvalue weighted by molar-refractivity contribution is 0.216. The molecule has 0 bridgehead atoms. The van der Waals surface area contributed by atoms with Crippen molar-refractivity contribution in [2.75, 3.05) is 13.2 Å². The van der Waals surface area contributed by atoms with Crippen LogP contribution in [-0.2, 0) is 7.05 Å². The van der Waals surface area contributed by atoms with Gasteiger partial charge in [-0.25, -0.2) is 0 Å². The van der Waals surface area contributed by atoms with Crippen LogP contribution in [0.4, 0.5) is 0 Å². The predicted molar refractivity (Wildman–Crippen MR) is 102 cm³/mol. The molecule has 27 heavy (non-hydrogen) atoms. The number of β-amino-alcohol motifs (C(OH)–C–C–N with tert-alkyl or cyclic N) is 1. The minimum atomic E-state index is -0.304. The highest BCUT2D eigenvalue weighted by molar-refractivity contribution is 5.98. The van der Waals surface area contributed by atoms with E-state index in [0.29, 0.717) is 17.9 Å².